The second-order valence-corrected chi connectivity index (χ2v) is 11.7. The summed E-state index contributed by atoms with van der Waals surface area (Å²) in [5, 5.41) is 27.7. The molecule has 14 heteroatoms. The molecule has 5 rings (SSSR count). The minimum atomic E-state index is -1.99. The quantitative estimate of drug-likeness (QED) is 0.202. The van der Waals surface area contributed by atoms with Crippen LogP contribution in [0.5, 0.6) is 0 Å². The number of halogens is 2. The Morgan fingerprint density at radius 3 is 2.76 bits per heavy atom. The molecular weight excluding hydrogens is 606 g/mol. The zero-order valence-corrected chi connectivity index (χ0v) is 25.4. The van der Waals surface area contributed by atoms with E-state index in [1.165, 1.54) is 45.1 Å². The summed E-state index contributed by atoms with van der Waals surface area (Å²) in [7, 11) is 0. The van der Waals surface area contributed by atoms with Crippen molar-refractivity contribution in [1.29, 1.82) is 5.26 Å². The molecule has 1 aliphatic heterocycles. The van der Waals surface area contributed by atoms with Crippen molar-refractivity contribution in [2.75, 3.05) is 13.2 Å². The Hall–Kier alpha value is -4.74. The Morgan fingerprint density at radius 1 is 1.24 bits per heavy atom. The van der Waals surface area contributed by atoms with E-state index < -0.39 is 35.2 Å². The van der Waals surface area contributed by atoms with Gasteiger partial charge >= 0.3 is 12.1 Å². The minimum absolute atomic E-state index is 0.0942. The van der Waals surface area contributed by atoms with Gasteiger partial charge in [-0.2, -0.15) is 5.26 Å². The lowest BCUT2D eigenvalue weighted by Gasteiger charge is -2.32. The van der Waals surface area contributed by atoms with Gasteiger partial charge in [0, 0.05) is 41.0 Å². The molecule has 0 unspecified atom stereocenters. The molecule has 0 bridgehead atoms. The number of hydrogen-bond acceptors (Lipinski definition) is 9. The van der Waals surface area contributed by atoms with Crippen molar-refractivity contribution in [2.24, 2.45) is 0 Å². The molecule has 0 saturated carbocycles. The molecule has 4 aromatic rings. The number of likely N-dealkylation sites (tertiary alicyclic amines) is 1. The van der Waals surface area contributed by atoms with Crippen LogP contribution in [-0.4, -0.2) is 56.0 Å². The third-order valence-corrected chi connectivity index (χ3v) is 8.80. The van der Waals surface area contributed by atoms with Gasteiger partial charge < -0.3 is 19.5 Å². The fourth-order valence-corrected chi connectivity index (χ4v) is 6.23. The highest BCUT2D eigenvalue weighted by Gasteiger charge is 2.43. The number of nitriles is 1. The molecule has 0 aliphatic carbocycles. The number of hydrogen-bond donors (Lipinski definition) is 1. The van der Waals surface area contributed by atoms with Gasteiger partial charge in [-0.25, -0.2) is 23.1 Å². The Labute approximate surface area is 261 Å². The van der Waals surface area contributed by atoms with Gasteiger partial charge in [-0.3, -0.25) is 4.79 Å². The van der Waals surface area contributed by atoms with Crippen LogP contribution >= 0.6 is 11.3 Å². The van der Waals surface area contributed by atoms with Gasteiger partial charge in [-0.15, -0.1) is 16.0 Å². The molecule has 1 fully saturated rings. The summed E-state index contributed by atoms with van der Waals surface area (Å²) in [6.45, 7) is 3.07. The smallest absolute Gasteiger partial charge is 0.412 e. The molecule has 3 atom stereocenters. The molecule has 1 N–H and O–H groups in total. The van der Waals surface area contributed by atoms with E-state index in [0.717, 1.165) is 30.2 Å². The molecule has 2 aromatic heterocycles. The highest BCUT2D eigenvalue weighted by molar-refractivity contribution is 7.10. The first kappa shape index (κ1) is 31.7. The summed E-state index contributed by atoms with van der Waals surface area (Å²) >= 11 is 1.26. The van der Waals surface area contributed by atoms with E-state index in [4.69, 9.17) is 14.7 Å². The molecule has 45 heavy (non-hydrogen) atoms. The normalized spacial score (nSPS) is 16.5. The first-order valence-corrected chi connectivity index (χ1v) is 15.1. The molecular formula is C31H31F2N6O5S+. The van der Waals surface area contributed by atoms with E-state index in [-0.39, 0.29) is 31.5 Å². The monoisotopic (exact) mass is 637 g/mol. The molecule has 1 amide bonds. The number of nitrogens with zero attached hydrogens (tertiary/aromatic N) is 6. The molecule has 1 saturated heterocycles. The van der Waals surface area contributed by atoms with Gasteiger partial charge in [0.1, 0.15) is 30.4 Å². The molecule has 0 spiro atoms. The van der Waals surface area contributed by atoms with Crippen LogP contribution < -0.4 is 4.57 Å². The van der Waals surface area contributed by atoms with E-state index >= 15 is 4.39 Å². The summed E-state index contributed by atoms with van der Waals surface area (Å²) in [5.41, 5.74) is -0.374. The maximum atomic E-state index is 15.2. The third-order valence-electron chi connectivity index (χ3n) is 7.77. The van der Waals surface area contributed by atoms with Gasteiger partial charge in [0.15, 0.2) is 0 Å². The maximum absolute atomic E-state index is 15.2. The SMILES string of the molecule is CC(=O)OC[C@@H]1CCCN1C(=O)OC[n+]1cnn(C[C@](O)(c2cc(F)ccc2F)[C@@H](C)c2nc(-c3ccc(C#N)cc3)cs2)c1. The Morgan fingerprint density at radius 2 is 2.02 bits per heavy atom. The van der Waals surface area contributed by atoms with Crippen LogP contribution in [0.15, 0.2) is 60.5 Å². The Bertz CT molecular complexity index is 1720. The second kappa shape index (κ2) is 13.5. The molecule has 3 heterocycles. The average molecular weight is 638 g/mol. The van der Waals surface area contributed by atoms with Crippen molar-refractivity contribution in [3.05, 3.63) is 88.3 Å². The highest BCUT2D eigenvalue weighted by atomic mass is 32.1. The largest absolute Gasteiger partial charge is 0.464 e. The summed E-state index contributed by atoms with van der Waals surface area (Å²) < 4.78 is 42.9. The summed E-state index contributed by atoms with van der Waals surface area (Å²) in [4.78, 5) is 30.1. The number of thiazole rings is 1. The van der Waals surface area contributed by atoms with Gasteiger partial charge in [0.2, 0.25) is 13.1 Å². The van der Waals surface area contributed by atoms with Crippen LogP contribution in [0.1, 0.15) is 48.7 Å². The predicted molar refractivity (Wildman–Crippen MR) is 156 cm³/mol. The number of rotatable bonds is 10. The lowest BCUT2D eigenvalue weighted by atomic mass is 9.82. The molecule has 0 radical (unpaired) electrons. The van der Waals surface area contributed by atoms with Crippen LogP contribution in [0.2, 0.25) is 0 Å². The fraction of sp³-hybridized carbons (Fsp3) is 0.355. The minimum Gasteiger partial charge on any atom is -0.464 e. The van der Waals surface area contributed by atoms with Crippen LogP contribution in [0.25, 0.3) is 11.3 Å². The average Bonchev–Trinajstić information content (AvgIpc) is 3.81. The number of benzene rings is 2. The standard InChI is InChI=1S/C31H31F2N6O5S/c1-20(29-36-28(15-45-29)23-7-5-22(13-34)6-8-23)31(42,26-12-24(32)9-10-27(26)33)16-38-18-37(17-35-38)19-44-30(41)39-11-3-4-25(39)14-43-21(2)40/h5-10,12,15,17-18,20,25,42H,3-4,11,14,16,19H2,1-2H3/q+1/t20-,25-,31+/m0/s1. The van der Waals surface area contributed by atoms with E-state index in [9.17, 15) is 19.1 Å². The maximum Gasteiger partial charge on any atom is 0.412 e. The second-order valence-electron chi connectivity index (χ2n) is 10.8. The zero-order valence-electron chi connectivity index (χ0n) is 24.6. The van der Waals surface area contributed by atoms with Crippen molar-refractivity contribution in [2.45, 2.75) is 57.5 Å². The predicted octanol–water partition coefficient (Wildman–Crippen LogP) is 4.26. The summed E-state index contributed by atoms with van der Waals surface area (Å²) in [5.74, 6) is -2.75. The van der Waals surface area contributed by atoms with Crippen molar-refractivity contribution < 1.29 is 37.5 Å². The summed E-state index contributed by atoms with van der Waals surface area (Å²) in [6.07, 6.45) is 3.74. The van der Waals surface area contributed by atoms with Crippen molar-refractivity contribution >= 4 is 23.4 Å². The molecule has 234 valence electrons. The van der Waals surface area contributed by atoms with Crippen molar-refractivity contribution in [3.63, 3.8) is 0 Å². The lowest BCUT2D eigenvalue weighted by molar-refractivity contribution is -0.728. The lowest BCUT2D eigenvalue weighted by Crippen LogP contribution is -2.42. The van der Waals surface area contributed by atoms with Gasteiger partial charge in [0.05, 0.1) is 28.4 Å². The number of carbonyl (C=O) groups excluding carboxylic acids is 2. The van der Waals surface area contributed by atoms with Crippen molar-refractivity contribution in [1.82, 2.24) is 19.7 Å². The first-order valence-electron chi connectivity index (χ1n) is 14.2. The van der Waals surface area contributed by atoms with Gasteiger partial charge in [-0.05, 0) is 43.2 Å². The third kappa shape index (κ3) is 7.16. The van der Waals surface area contributed by atoms with E-state index in [1.807, 2.05) is 0 Å². The van der Waals surface area contributed by atoms with Crippen LogP contribution in [-0.2, 0) is 33.1 Å². The fourth-order valence-electron chi connectivity index (χ4n) is 5.26. The molecule has 11 nitrogen and oxygen atoms in total. The molecule has 2 aromatic carbocycles. The van der Waals surface area contributed by atoms with Crippen molar-refractivity contribution in [3.8, 4) is 17.3 Å². The summed E-state index contributed by atoms with van der Waals surface area (Å²) in [6, 6.07) is 11.6. The van der Waals surface area contributed by atoms with E-state index in [1.54, 1.807) is 36.6 Å². The zero-order chi connectivity index (χ0) is 32.1. The Balaban J connectivity index is 1.34. The topological polar surface area (TPSA) is 134 Å². The van der Waals surface area contributed by atoms with Crippen LogP contribution in [0.3, 0.4) is 0 Å². The van der Waals surface area contributed by atoms with Gasteiger partial charge in [-0.1, -0.05) is 19.1 Å². The van der Waals surface area contributed by atoms with E-state index in [0.29, 0.717) is 29.2 Å². The first-order chi connectivity index (χ1) is 21.6. The van der Waals surface area contributed by atoms with Crippen LogP contribution in [0, 0.1) is 23.0 Å². The number of esters is 1. The number of amides is 1. The van der Waals surface area contributed by atoms with Crippen LogP contribution in [0.4, 0.5) is 13.6 Å². The Kier molecular flexibility index (Phi) is 9.50. The number of aliphatic hydroxyl groups is 1. The van der Waals surface area contributed by atoms with Gasteiger partial charge in [0.25, 0.3) is 6.33 Å². The number of ether oxygens (including phenoxy) is 2. The number of aromatic nitrogens is 4. The highest BCUT2D eigenvalue weighted by Crippen LogP contribution is 2.41. The number of carbonyl (C=O) groups is 2. The van der Waals surface area contributed by atoms with E-state index in [2.05, 4.69) is 16.2 Å². The molecule has 1 aliphatic rings.